The zero-order valence-electron chi connectivity index (χ0n) is 11.8. The number of thiophene rings is 1. The molecule has 114 valence electrons. The van der Waals surface area contributed by atoms with Gasteiger partial charge in [0.25, 0.3) is 10.0 Å². The van der Waals surface area contributed by atoms with Gasteiger partial charge in [-0.25, -0.2) is 12.8 Å². The molecular formula is C14H17FN2O2S2. The Labute approximate surface area is 128 Å². The van der Waals surface area contributed by atoms with Crippen LogP contribution in [0.3, 0.4) is 0 Å². The summed E-state index contributed by atoms with van der Waals surface area (Å²) in [5.74, 6) is -0.359. The van der Waals surface area contributed by atoms with Gasteiger partial charge in [-0.3, -0.25) is 4.72 Å². The smallest absolute Gasteiger partial charge is 0.271 e. The molecular weight excluding hydrogens is 311 g/mol. The van der Waals surface area contributed by atoms with Gasteiger partial charge < -0.3 is 5.32 Å². The van der Waals surface area contributed by atoms with E-state index in [9.17, 15) is 12.8 Å². The lowest BCUT2D eigenvalue weighted by Crippen LogP contribution is -2.12. The molecule has 0 fully saturated rings. The quantitative estimate of drug-likeness (QED) is 0.856. The lowest BCUT2D eigenvalue weighted by atomic mass is 10.2. The van der Waals surface area contributed by atoms with Gasteiger partial charge in [0.1, 0.15) is 10.0 Å². The summed E-state index contributed by atoms with van der Waals surface area (Å²) in [5, 5.41) is 3.15. The van der Waals surface area contributed by atoms with E-state index in [0.29, 0.717) is 17.8 Å². The van der Waals surface area contributed by atoms with E-state index in [1.807, 2.05) is 6.92 Å². The van der Waals surface area contributed by atoms with Crippen LogP contribution in [-0.2, 0) is 16.6 Å². The maximum atomic E-state index is 13.2. The fourth-order valence-electron chi connectivity index (χ4n) is 1.76. The van der Waals surface area contributed by atoms with Gasteiger partial charge in [0, 0.05) is 17.1 Å². The standard InChI is InChI=1S/C14H17FN2O2S2/c1-3-16-9-12-5-7-14(20-12)21(18,19)17-11-4-6-13(15)10(2)8-11/h4-8,16-17H,3,9H2,1-2H3. The molecule has 0 aliphatic carbocycles. The van der Waals surface area contributed by atoms with Crippen LogP contribution in [0.25, 0.3) is 0 Å². The van der Waals surface area contributed by atoms with Gasteiger partial charge in [0.05, 0.1) is 0 Å². The second kappa shape index (κ2) is 6.55. The molecule has 0 saturated heterocycles. The van der Waals surface area contributed by atoms with E-state index < -0.39 is 10.0 Å². The number of benzene rings is 1. The van der Waals surface area contributed by atoms with E-state index in [4.69, 9.17) is 0 Å². The molecule has 0 spiro atoms. The predicted molar refractivity (Wildman–Crippen MR) is 83.6 cm³/mol. The van der Waals surface area contributed by atoms with E-state index >= 15 is 0 Å². The van der Waals surface area contributed by atoms with Crippen LogP contribution < -0.4 is 10.0 Å². The van der Waals surface area contributed by atoms with Crippen molar-refractivity contribution in [3.63, 3.8) is 0 Å². The van der Waals surface area contributed by atoms with E-state index in [1.165, 1.54) is 29.5 Å². The lowest BCUT2D eigenvalue weighted by Gasteiger charge is -2.07. The summed E-state index contributed by atoms with van der Waals surface area (Å²) in [5.41, 5.74) is 0.754. The van der Waals surface area contributed by atoms with Gasteiger partial charge in [-0.15, -0.1) is 11.3 Å². The molecule has 0 aliphatic heterocycles. The van der Waals surface area contributed by atoms with Crippen molar-refractivity contribution < 1.29 is 12.8 Å². The SMILES string of the molecule is CCNCc1ccc(S(=O)(=O)Nc2ccc(F)c(C)c2)s1. The first-order valence-corrected chi connectivity index (χ1v) is 8.80. The van der Waals surface area contributed by atoms with Crippen LogP contribution in [0.15, 0.2) is 34.5 Å². The highest BCUT2D eigenvalue weighted by molar-refractivity contribution is 7.94. The van der Waals surface area contributed by atoms with Crippen LogP contribution in [0.1, 0.15) is 17.4 Å². The van der Waals surface area contributed by atoms with Gasteiger partial charge >= 0.3 is 0 Å². The first kappa shape index (κ1) is 15.9. The van der Waals surface area contributed by atoms with Crippen molar-refractivity contribution in [2.75, 3.05) is 11.3 Å². The Bertz CT molecular complexity index is 726. The second-order valence-electron chi connectivity index (χ2n) is 4.57. The van der Waals surface area contributed by atoms with Crippen molar-refractivity contribution in [3.8, 4) is 0 Å². The minimum atomic E-state index is -3.63. The van der Waals surface area contributed by atoms with Gasteiger partial charge in [0.2, 0.25) is 0 Å². The Balaban J connectivity index is 2.17. The molecule has 1 aromatic carbocycles. The molecule has 0 amide bonds. The molecule has 0 radical (unpaired) electrons. The van der Waals surface area contributed by atoms with Gasteiger partial charge in [-0.05, 0) is 49.4 Å². The third-order valence-corrected chi connectivity index (χ3v) is 5.82. The minimum absolute atomic E-state index is 0.248. The summed E-state index contributed by atoms with van der Waals surface area (Å²) in [7, 11) is -3.63. The number of nitrogens with one attached hydrogen (secondary N) is 2. The Hall–Kier alpha value is -1.44. The Kier molecular flexibility index (Phi) is 4.97. The van der Waals surface area contributed by atoms with Crippen molar-refractivity contribution in [2.45, 2.75) is 24.6 Å². The molecule has 2 aromatic rings. The Morgan fingerprint density at radius 1 is 1.24 bits per heavy atom. The van der Waals surface area contributed by atoms with Crippen molar-refractivity contribution in [2.24, 2.45) is 0 Å². The summed E-state index contributed by atoms with van der Waals surface area (Å²) in [6.07, 6.45) is 0. The van der Waals surface area contributed by atoms with E-state index in [-0.39, 0.29) is 10.0 Å². The van der Waals surface area contributed by atoms with Crippen molar-refractivity contribution in [3.05, 3.63) is 46.6 Å². The average molecular weight is 328 g/mol. The van der Waals surface area contributed by atoms with Crippen LogP contribution in [-0.4, -0.2) is 15.0 Å². The monoisotopic (exact) mass is 328 g/mol. The molecule has 1 heterocycles. The van der Waals surface area contributed by atoms with Crippen molar-refractivity contribution >= 4 is 27.0 Å². The van der Waals surface area contributed by atoms with E-state index in [0.717, 1.165) is 11.4 Å². The Morgan fingerprint density at radius 3 is 2.67 bits per heavy atom. The maximum Gasteiger partial charge on any atom is 0.271 e. The largest absolute Gasteiger partial charge is 0.312 e. The summed E-state index contributed by atoms with van der Waals surface area (Å²) in [6.45, 7) is 5.05. The van der Waals surface area contributed by atoms with Gasteiger partial charge in [-0.2, -0.15) is 0 Å². The molecule has 2 N–H and O–H groups in total. The maximum absolute atomic E-state index is 13.2. The Morgan fingerprint density at radius 2 is 2.00 bits per heavy atom. The van der Waals surface area contributed by atoms with Crippen LogP contribution in [0, 0.1) is 12.7 Å². The topological polar surface area (TPSA) is 58.2 Å². The molecule has 0 atom stereocenters. The summed E-state index contributed by atoms with van der Waals surface area (Å²) < 4.78 is 40.4. The molecule has 7 heteroatoms. The fraction of sp³-hybridized carbons (Fsp3) is 0.286. The first-order chi connectivity index (χ1) is 9.92. The molecule has 21 heavy (non-hydrogen) atoms. The van der Waals surface area contributed by atoms with E-state index in [1.54, 1.807) is 19.1 Å². The number of hydrogen-bond donors (Lipinski definition) is 2. The highest BCUT2D eigenvalue weighted by Crippen LogP contribution is 2.24. The summed E-state index contributed by atoms with van der Waals surface area (Å²) in [4.78, 5) is 0.951. The number of rotatable bonds is 6. The summed E-state index contributed by atoms with van der Waals surface area (Å²) in [6, 6.07) is 7.50. The molecule has 0 saturated carbocycles. The fourth-order valence-corrected chi connectivity index (χ4v) is 4.13. The number of sulfonamides is 1. The number of halogens is 1. The summed E-state index contributed by atoms with van der Waals surface area (Å²) >= 11 is 1.22. The highest BCUT2D eigenvalue weighted by Gasteiger charge is 2.17. The average Bonchev–Trinajstić information content (AvgIpc) is 2.90. The van der Waals surface area contributed by atoms with Crippen molar-refractivity contribution in [1.29, 1.82) is 0 Å². The van der Waals surface area contributed by atoms with Crippen LogP contribution in [0.2, 0.25) is 0 Å². The lowest BCUT2D eigenvalue weighted by molar-refractivity contribution is 0.602. The first-order valence-electron chi connectivity index (χ1n) is 6.51. The molecule has 1 aromatic heterocycles. The third-order valence-electron chi connectivity index (χ3n) is 2.86. The number of hydrogen-bond acceptors (Lipinski definition) is 4. The van der Waals surface area contributed by atoms with E-state index in [2.05, 4.69) is 10.0 Å². The second-order valence-corrected chi connectivity index (χ2v) is 7.65. The zero-order chi connectivity index (χ0) is 15.5. The molecule has 0 bridgehead atoms. The van der Waals surface area contributed by atoms with Crippen LogP contribution in [0.5, 0.6) is 0 Å². The number of aryl methyl sites for hydroxylation is 1. The van der Waals surface area contributed by atoms with Crippen LogP contribution >= 0.6 is 11.3 Å². The van der Waals surface area contributed by atoms with Crippen molar-refractivity contribution in [1.82, 2.24) is 5.32 Å². The molecule has 4 nitrogen and oxygen atoms in total. The minimum Gasteiger partial charge on any atom is -0.312 e. The van der Waals surface area contributed by atoms with Gasteiger partial charge in [-0.1, -0.05) is 6.92 Å². The third kappa shape index (κ3) is 4.03. The predicted octanol–water partition coefficient (Wildman–Crippen LogP) is 3.11. The zero-order valence-corrected chi connectivity index (χ0v) is 13.4. The molecule has 0 unspecified atom stereocenters. The molecule has 0 aliphatic rings. The van der Waals surface area contributed by atoms with Gasteiger partial charge in [0.15, 0.2) is 0 Å². The highest BCUT2D eigenvalue weighted by atomic mass is 32.2. The number of anilines is 1. The molecule has 2 rings (SSSR count). The van der Waals surface area contributed by atoms with Crippen LogP contribution in [0.4, 0.5) is 10.1 Å². The normalized spacial score (nSPS) is 11.6.